The van der Waals surface area contributed by atoms with Crippen LogP contribution in [-0.4, -0.2) is 9.13 Å². The van der Waals surface area contributed by atoms with Crippen molar-refractivity contribution in [1.29, 1.82) is 0 Å². The van der Waals surface area contributed by atoms with Gasteiger partial charge < -0.3 is 18.0 Å². The second-order valence-corrected chi connectivity index (χ2v) is 13.6. The number of rotatable bonds is 5. The molecule has 0 radical (unpaired) electrons. The van der Waals surface area contributed by atoms with Crippen LogP contribution in [0.2, 0.25) is 0 Å². The summed E-state index contributed by atoms with van der Waals surface area (Å²) in [6.07, 6.45) is 3.47. The molecule has 4 nitrogen and oxygen atoms in total. The quantitative estimate of drug-likeness (QED) is 0.187. The Hall–Kier alpha value is -6.26. The van der Waals surface area contributed by atoms with Crippen molar-refractivity contribution in [1.82, 2.24) is 9.13 Å². The number of unbranched alkanes of at least 4 members (excludes halogenated alkanes) is 1. The van der Waals surface area contributed by atoms with Crippen LogP contribution >= 0.6 is 0 Å². The maximum Gasteiger partial charge on any atom is 0.137 e. The van der Waals surface area contributed by atoms with E-state index in [0.29, 0.717) is 0 Å². The van der Waals surface area contributed by atoms with E-state index < -0.39 is 0 Å². The topological polar surface area (TPSA) is 36.1 Å². The first-order valence-corrected chi connectivity index (χ1v) is 17.6. The van der Waals surface area contributed by atoms with Gasteiger partial charge in [0.1, 0.15) is 22.3 Å². The Morgan fingerprint density at radius 1 is 0.440 bits per heavy atom. The minimum atomic E-state index is 0.890. The molecular formula is C46H32N2O2. The highest BCUT2D eigenvalue weighted by molar-refractivity contribution is 6.26. The average molecular weight is 645 g/mol. The number of hydrogen-bond donors (Lipinski definition) is 0. The van der Waals surface area contributed by atoms with Gasteiger partial charge in [-0.05, 0) is 79.1 Å². The standard InChI is InChI=1S/C46H32N2O2/c1-2-3-10-28-17-24-42-37(25-28)34-21-19-30(27-44(34)50-42)48-38-14-7-4-11-31(38)35-22-23-40-45(46(35)48)36-13-5-8-15-39(36)47(40)29-18-20-33-32-12-6-9-16-41(32)49-43(33)26-29/h4-9,11-27H,2-3,10H2,1H3. The summed E-state index contributed by atoms with van der Waals surface area (Å²) < 4.78 is 17.7. The summed E-state index contributed by atoms with van der Waals surface area (Å²) in [6, 6.07) is 50.4. The molecule has 50 heavy (non-hydrogen) atoms. The highest BCUT2D eigenvalue weighted by atomic mass is 16.3. The summed E-state index contributed by atoms with van der Waals surface area (Å²) in [5, 5.41) is 9.52. The molecular weight excluding hydrogens is 613 g/mol. The van der Waals surface area contributed by atoms with Crippen molar-refractivity contribution in [3.05, 3.63) is 145 Å². The van der Waals surface area contributed by atoms with Crippen molar-refractivity contribution in [2.75, 3.05) is 0 Å². The molecule has 0 aliphatic heterocycles. The molecule has 0 saturated carbocycles. The maximum atomic E-state index is 6.53. The fourth-order valence-corrected chi connectivity index (χ4v) is 8.40. The van der Waals surface area contributed by atoms with E-state index in [-0.39, 0.29) is 0 Å². The van der Waals surface area contributed by atoms with Crippen LogP contribution < -0.4 is 0 Å². The van der Waals surface area contributed by atoms with Crippen LogP contribution in [0.3, 0.4) is 0 Å². The Labute approximate surface area is 287 Å². The molecule has 4 heteroatoms. The van der Waals surface area contributed by atoms with Crippen molar-refractivity contribution in [2.24, 2.45) is 0 Å². The number of para-hydroxylation sites is 3. The predicted octanol–water partition coefficient (Wildman–Crippen LogP) is 13.0. The normalized spacial score (nSPS) is 12.3. The molecule has 0 amide bonds. The summed E-state index contributed by atoms with van der Waals surface area (Å²) in [6.45, 7) is 2.24. The van der Waals surface area contributed by atoms with Gasteiger partial charge in [-0.25, -0.2) is 0 Å². The van der Waals surface area contributed by atoms with Gasteiger partial charge in [0.25, 0.3) is 0 Å². The van der Waals surface area contributed by atoms with Crippen molar-refractivity contribution >= 4 is 87.5 Å². The van der Waals surface area contributed by atoms with E-state index in [0.717, 1.165) is 67.3 Å². The van der Waals surface area contributed by atoms with Crippen molar-refractivity contribution in [2.45, 2.75) is 26.2 Å². The summed E-state index contributed by atoms with van der Waals surface area (Å²) in [5.74, 6) is 0. The lowest BCUT2D eigenvalue weighted by Gasteiger charge is -2.10. The van der Waals surface area contributed by atoms with Gasteiger partial charge in [0.05, 0.1) is 22.1 Å². The molecule has 0 aliphatic carbocycles. The third kappa shape index (κ3) is 3.82. The number of benzene rings is 7. The van der Waals surface area contributed by atoms with Crippen LogP contribution in [0.1, 0.15) is 25.3 Å². The molecule has 238 valence electrons. The summed E-state index contributed by atoms with van der Waals surface area (Å²) in [4.78, 5) is 0. The molecule has 0 atom stereocenters. The van der Waals surface area contributed by atoms with Gasteiger partial charge in [-0.2, -0.15) is 0 Å². The van der Waals surface area contributed by atoms with Gasteiger partial charge in [0.2, 0.25) is 0 Å². The first-order chi connectivity index (χ1) is 24.7. The summed E-state index contributed by atoms with van der Waals surface area (Å²) >= 11 is 0. The van der Waals surface area contributed by atoms with Crippen LogP contribution in [0.4, 0.5) is 0 Å². The fraction of sp³-hybridized carbons (Fsp3) is 0.0870. The minimum Gasteiger partial charge on any atom is -0.456 e. The van der Waals surface area contributed by atoms with E-state index in [1.54, 1.807) is 0 Å². The molecule has 4 heterocycles. The molecule has 7 aromatic carbocycles. The number of nitrogens with zero attached hydrogens (tertiary/aromatic N) is 2. The first kappa shape index (κ1) is 27.7. The number of furan rings is 2. The zero-order valence-electron chi connectivity index (χ0n) is 27.6. The van der Waals surface area contributed by atoms with Gasteiger partial charge in [-0.3, -0.25) is 0 Å². The zero-order valence-corrected chi connectivity index (χ0v) is 27.6. The third-order valence-corrected chi connectivity index (χ3v) is 10.7. The van der Waals surface area contributed by atoms with Gasteiger partial charge in [0.15, 0.2) is 0 Å². The van der Waals surface area contributed by atoms with Crippen molar-refractivity contribution in [3.8, 4) is 11.4 Å². The van der Waals surface area contributed by atoms with E-state index in [4.69, 9.17) is 8.83 Å². The second kappa shape index (κ2) is 10.4. The molecule has 0 unspecified atom stereocenters. The van der Waals surface area contributed by atoms with Crippen molar-refractivity contribution in [3.63, 3.8) is 0 Å². The predicted molar refractivity (Wildman–Crippen MR) is 208 cm³/mol. The Morgan fingerprint density at radius 2 is 1.04 bits per heavy atom. The number of fused-ring (bicyclic) bond motifs is 13. The van der Waals surface area contributed by atoms with E-state index in [1.165, 1.54) is 56.4 Å². The van der Waals surface area contributed by atoms with E-state index in [2.05, 4.69) is 143 Å². The summed E-state index contributed by atoms with van der Waals surface area (Å²) in [5.41, 5.74) is 11.9. The Bertz CT molecular complexity index is 3150. The maximum absolute atomic E-state index is 6.53. The highest BCUT2D eigenvalue weighted by Gasteiger charge is 2.22. The Kier molecular flexibility index (Phi) is 5.74. The molecule has 11 rings (SSSR count). The van der Waals surface area contributed by atoms with Crippen LogP contribution in [0, 0.1) is 0 Å². The third-order valence-electron chi connectivity index (χ3n) is 10.7. The van der Waals surface area contributed by atoms with Crippen LogP contribution in [0.15, 0.2) is 148 Å². The molecule has 4 aromatic heterocycles. The van der Waals surface area contributed by atoms with Crippen LogP contribution in [0.5, 0.6) is 0 Å². The van der Waals surface area contributed by atoms with Gasteiger partial charge >= 0.3 is 0 Å². The molecule has 11 aromatic rings. The second-order valence-electron chi connectivity index (χ2n) is 13.6. The van der Waals surface area contributed by atoms with Gasteiger partial charge in [-0.1, -0.05) is 80.1 Å². The van der Waals surface area contributed by atoms with Gasteiger partial charge in [0, 0.05) is 66.6 Å². The lowest BCUT2D eigenvalue weighted by molar-refractivity contribution is 0.668. The molecule has 0 saturated heterocycles. The lowest BCUT2D eigenvalue weighted by Crippen LogP contribution is -1.95. The van der Waals surface area contributed by atoms with Crippen LogP contribution in [0.25, 0.3) is 98.9 Å². The smallest absolute Gasteiger partial charge is 0.137 e. The average Bonchev–Trinajstić information content (AvgIpc) is 3.90. The van der Waals surface area contributed by atoms with Crippen molar-refractivity contribution < 1.29 is 8.83 Å². The van der Waals surface area contributed by atoms with E-state index in [9.17, 15) is 0 Å². The molecule has 0 bridgehead atoms. The largest absolute Gasteiger partial charge is 0.456 e. The zero-order chi connectivity index (χ0) is 32.9. The number of aryl methyl sites for hydroxylation is 1. The fourth-order valence-electron chi connectivity index (χ4n) is 8.40. The Balaban J connectivity index is 1.20. The molecule has 0 fully saturated rings. The van der Waals surface area contributed by atoms with Crippen LogP contribution in [-0.2, 0) is 6.42 Å². The number of aromatic nitrogens is 2. The molecule has 0 N–H and O–H groups in total. The van der Waals surface area contributed by atoms with E-state index in [1.807, 2.05) is 12.1 Å². The number of hydrogen-bond acceptors (Lipinski definition) is 2. The van der Waals surface area contributed by atoms with E-state index >= 15 is 0 Å². The highest BCUT2D eigenvalue weighted by Crippen LogP contribution is 2.43. The van der Waals surface area contributed by atoms with Gasteiger partial charge in [-0.15, -0.1) is 0 Å². The molecule has 0 spiro atoms. The molecule has 0 aliphatic rings. The SMILES string of the molecule is CCCCc1ccc2oc3cc(-n4c5ccccc5c5ccc6c(c7ccccc7n6-c6ccc7c(c6)oc6ccccc67)c54)ccc3c2c1. The minimum absolute atomic E-state index is 0.890. The summed E-state index contributed by atoms with van der Waals surface area (Å²) in [7, 11) is 0. The first-order valence-electron chi connectivity index (χ1n) is 17.6. The Morgan fingerprint density at radius 3 is 1.82 bits per heavy atom. The monoisotopic (exact) mass is 644 g/mol. The lowest BCUT2D eigenvalue weighted by atomic mass is 10.0.